The normalized spacial score (nSPS) is 14.0. The van der Waals surface area contributed by atoms with Crippen molar-refractivity contribution in [3.05, 3.63) is 66.2 Å². The van der Waals surface area contributed by atoms with E-state index in [1.807, 2.05) is 60.6 Å². The molecule has 106 valence electrons. The van der Waals surface area contributed by atoms with Crippen molar-refractivity contribution in [1.82, 2.24) is 0 Å². The second-order valence-corrected chi connectivity index (χ2v) is 4.78. The summed E-state index contributed by atoms with van der Waals surface area (Å²) < 4.78 is 5.45. The van der Waals surface area contributed by atoms with Gasteiger partial charge in [0.05, 0.1) is 25.1 Å². The molecule has 0 amide bonds. The number of rotatable bonds is 4. The van der Waals surface area contributed by atoms with E-state index >= 15 is 0 Å². The Labute approximate surface area is 125 Å². The van der Waals surface area contributed by atoms with Crippen LogP contribution in [0.25, 0.3) is 5.57 Å². The fourth-order valence-corrected chi connectivity index (χ4v) is 2.29. The summed E-state index contributed by atoms with van der Waals surface area (Å²) in [6.07, 6.45) is 4.11. The lowest BCUT2D eigenvalue weighted by molar-refractivity contribution is 0.340. The van der Waals surface area contributed by atoms with Gasteiger partial charge in [0.15, 0.2) is 0 Å². The fourth-order valence-electron chi connectivity index (χ4n) is 2.29. The van der Waals surface area contributed by atoms with Gasteiger partial charge in [-0.1, -0.05) is 36.4 Å². The van der Waals surface area contributed by atoms with Gasteiger partial charge < -0.3 is 4.74 Å². The molecule has 0 fully saturated rings. The third-order valence-corrected chi connectivity index (χ3v) is 3.37. The second-order valence-electron chi connectivity index (χ2n) is 4.78. The molecule has 0 N–H and O–H groups in total. The molecule has 0 saturated carbocycles. The van der Waals surface area contributed by atoms with Crippen LogP contribution in [0.15, 0.2) is 65.8 Å². The lowest BCUT2D eigenvalue weighted by atomic mass is 10.1. The molecular formula is C18H18N2O. The molecule has 0 aromatic heterocycles. The minimum Gasteiger partial charge on any atom is -0.494 e. The summed E-state index contributed by atoms with van der Waals surface area (Å²) in [7, 11) is 0. The number of nitrogens with zero attached hydrogens (tertiary/aromatic N) is 2. The SMILES string of the molecule is CCOc1ccc(N2CC=C(c3ccccc3)C=N2)cc1. The Kier molecular flexibility index (Phi) is 4.01. The summed E-state index contributed by atoms with van der Waals surface area (Å²) in [5.74, 6) is 0.891. The predicted molar refractivity (Wildman–Crippen MR) is 87.9 cm³/mol. The number of benzene rings is 2. The van der Waals surface area contributed by atoms with Gasteiger partial charge in [-0.15, -0.1) is 0 Å². The molecule has 1 aliphatic heterocycles. The van der Waals surface area contributed by atoms with Gasteiger partial charge in [0.2, 0.25) is 0 Å². The van der Waals surface area contributed by atoms with Gasteiger partial charge in [-0.25, -0.2) is 0 Å². The van der Waals surface area contributed by atoms with E-state index in [0.717, 1.165) is 23.6 Å². The molecule has 2 aromatic rings. The Balaban J connectivity index is 1.71. The summed E-state index contributed by atoms with van der Waals surface area (Å²) in [4.78, 5) is 0. The molecular weight excluding hydrogens is 260 g/mol. The highest BCUT2D eigenvalue weighted by molar-refractivity contribution is 6.10. The number of anilines is 1. The molecule has 0 saturated heterocycles. The first kappa shape index (κ1) is 13.4. The molecule has 0 bridgehead atoms. The van der Waals surface area contributed by atoms with Gasteiger partial charge in [-0.05, 0) is 42.3 Å². The average Bonchev–Trinajstić information content (AvgIpc) is 2.57. The van der Waals surface area contributed by atoms with Crippen molar-refractivity contribution in [1.29, 1.82) is 0 Å². The monoisotopic (exact) mass is 278 g/mol. The molecule has 0 unspecified atom stereocenters. The Hall–Kier alpha value is -2.55. The van der Waals surface area contributed by atoms with Crippen LogP contribution < -0.4 is 9.75 Å². The van der Waals surface area contributed by atoms with Crippen LogP contribution in [-0.4, -0.2) is 19.4 Å². The third-order valence-electron chi connectivity index (χ3n) is 3.37. The quantitative estimate of drug-likeness (QED) is 0.845. The molecule has 2 aromatic carbocycles. The van der Waals surface area contributed by atoms with Crippen LogP contribution >= 0.6 is 0 Å². The molecule has 0 spiro atoms. The maximum absolute atomic E-state index is 5.45. The van der Waals surface area contributed by atoms with E-state index in [9.17, 15) is 0 Å². The molecule has 1 heterocycles. The van der Waals surface area contributed by atoms with Gasteiger partial charge in [0.25, 0.3) is 0 Å². The molecule has 1 aliphatic rings. The van der Waals surface area contributed by atoms with E-state index in [1.165, 1.54) is 5.56 Å². The number of hydrogen-bond acceptors (Lipinski definition) is 3. The topological polar surface area (TPSA) is 24.8 Å². The van der Waals surface area contributed by atoms with Crippen molar-refractivity contribution >= 4 is 17.5 Å². The fraction of sp³-hybridized carbons (Fsp3) is 0.167. The number of hydrazone groups is 1. The molecule has 3 rings (SSSR count). The summed E-state index contributed by atoms with van der Waals surface area (Å²) in [6.45, 7) is 3.44. The van der Waals surface area contributed by atoms with E-state index in [-0.39, 0.29) is 0 Å². The minimum absolute atomic E-state index is 0.685. The zero-order valence-electron chi connectivity index (χ0n) is 12.1. The lowest BCUT2D eigenvalue weighted by Crippen LogP contribution is -2.19. The second kappa shape index (κ2) is 6.27. The van der Waals surface area contributed by atoms with Crippen LogP contribution in [0.2, 0.25) is 0 Å². The third kappa shape index (κ3) is 3.14. The van der Waals surface area contributed by atoms with Crippen molar-refractivity contribution in [3.63, 3.8) is 0 Å². The summed E-state index contributed by atoms with van der Waals surface area (Å²) in [6, 6.07) is 18.3. The first-order valence-electron chi connectivity index (χ1n) is 7.17. The van der Waals surface area contributed by atoms with E-state index in [1.54, 1.807) is 0 Å². The van der Waals surface area contributed by atoms with Gasteiger partial charge in [0.1, 0.15) is 5.75 Å². The maximum atomic E-state index is 5.45. The number of hydrogen-bond donors (Lipinski definition) is 0. The summed E-state index contributed by atoms with van der Waals surface area (Å²) in [5.41, 5.74) is 3.43. The molecule has 21 heavy (non-hydrogen) atoms. The molecule has 0 atom stereocenters. The zero-order valence-corrected chi connectivity index (χ0v) is 12.1. The first-order chi connectivity index (χ1) is 10.4. The van der Waals surface area contributed by atoms with E-state index in [2.05, 4.69) is 23.3 Å². The Morgan fingerprint density at radius 3 is 2.43 bits per heavy atom. The van der Waals surface area contributed by atoms with Crippen LogP contribution in [-0.2, 0) is 0 Å². The largest absolute Gasteiger partial charge is 0.494 e. The smallest absolute Gasteiger partial charge is 0.119 e. The highest BCUT2D eigenvalue weighted by atomic mass is 16.5. The van der Waals surface area contributed by atoms with E-state index in [4.69, 9.17) is 4.74 Å². The number of ether oxygens (including phenoxy) is 1. The summed E-state index contributed by atoms with van der Waals surface area (Å²) >= 11 is 0. The highest BCUT2D eigenvalue weighted by Gasteiger charge is 2.09. The zero-order chi connectivity index (χ0) is 14.5. The van der Waals surface area contributed by atoms with Crippen molar-refractivity contribution in [3.8, 4) is 5.75 Å². The molecule has 3 nitrogen and oxygen atoms in total. The van der Waals surface area contributed by atoms with Crippen LogP contribution in [0.3, 0.4) is 0 Å². The van der Waals surface area contributed by atoms with Crippen LogP contribution in [0.4, 0.5) is 5.69 Å². The van der Waals surface area contributed by atoms with Crippen LogP contribution in [0, 0.1) is 0 Å². The first-order valence-corrected chi connectivity index (χ1v) is 7.17. The van der Waals surface area contributed by atoms with Gasteiger partial charge >= 0.3 is 0 Å². The van der Waals surface area contributed by atoms with Gasteiger partial charge in [0, 0.05) is 0 Å². The maximum Gasteiger partial charge on any atom is 0.119 e. The Morgan fingerprint density at radius 1 is 1.05 bits per heavy atom. The Morgan fingerprint density at radius 2 is 1.81 bits per heavy atom. The number of allylic oxidation sites excluding steroid dienone is 1. The van der Waals surface area contributed by atoms with Crippen molar-refractivity contribution in [2.75, 3.05) is 18.2 Å². The molecule has 0 radical (unpaired) electrons. The minimum atomic E-state index is 0.685. The van der Waals surface area contributed by atoms with Crippen molar-refractivity contribution < 1.29 is 4.74 Å². The van der Waals surface area contributed by atoms with Crippen LogP contribution in [0.5, 0.6) is 5.75 Å². The van der Waals surface area contributed by atoms with E-state index in [0.29, 0.717) is 6.61 Å². The lowest BCUT2D eigenvalue weighted by Gasteiger charge is -2.21. The van der Waals surface area contributed by atoms with Gasteiger partial charge in [-0.2, -0.15) is 5.10 Å². The highest BCUT2D eigenvalue weighted by Crippen LogP contribution is 2.23. The molecule has 0 aliphatic carbocycles. The predicted octanol–water partition coefficient (Wildman–Crippen LogP) is 3.97. The van der Waals surface area contributed by atoms with Crippen LogP contribution in [0.1, 0.15) is 12.5 Å². The van der Waals surface area contributed by atoms with Crippen molar-refractivity contribution in [2.45, 2.75) is 6.92 Å². The van der Waals surface area contributed by atoms with E-state index < -0.39 is 0 Å². The standard InChI is InChI=1S/C18H18N2O/c1-2-21-18-10-8-17(9-11-18)20-13-12-16(14-19-20)15-6-4-3-5-7-15/h3-12,14H,2,13H2,1H3. The van der Waals surface area contributed by atoms with Crippen molar-refractivity contribution in [2.24, 2.45) is 5.10 Å². The average molecular weight is 278 g/mol. The summed E-state index contributed by atoms with van der Waals surface area (Å²) in [5, 5.41) is 6.51. The Bertz CT molecular complexity index is 645. The molecule has 3 heteroatoms. The van der Waals surface area contributed by atoms with Gasteiger partial charge in [-0.3, -0.25) is 5.01 Å².